The Kier molecular flexibility index (Phi) is 3.87. The average molecular weight is 258 g/mol. The van der Waals surface area contributed by atoms with E-state index in [1.807, 2.05) is 0 Å². The third-order valence-electron chi connectivity index (χ3n) is 2.38. The van der Waals surface area contributed by atoms with Crippen molar-refractivity contribution in [2.45, 2.75) is 0 Å². The number of carbonyl (C=O) groups is 1. The molecule has 0 heterocycles. The van der Waals surface area contributed by atoms with Gasteiger partial charge >= 0.3 is 0 Å². The van der Waals surface area contributed by atoms with Crippen molar-refractivity contribution in [3.05, 3.63) is 48.5 Å². The van der Waals surface area contributed by atoms with Gasteiger partial charge in [-0.15, -0.1) is 0 Å². The standard InChI is InChI=1S/C14H14N2O3/c15-10-4-6-13(7-5-10)19-9-14(18)16-11-2-1-3-12(17)8-11/h1-8,17H,9,15H2,(H,16,18). The highest BCUT2D eigenvalue weighted by atomic mass is 16.5. The third-order valence-corrected chi connectivity index (χ3v) is 2.38. The molecule has 5 heteroatoms. The molecule has 2 aromatic rings. The normalized spacial score (nSPS) is 9.89. The molecule has 0 fully saturated rings. The zero-order chi connectivity index (χ0) is 13.7. The summed E-state index contributed by atoms with van der Waals surface area (Å²) in [6, 6.07) is 13.1. The van der Waals surface area contributed by atoms with Crippen LogP contribution in [0.1, 0.15) is 0 Å². The number of amides is 1. The molecule has 0 atom stereocenters. The first-order valence-corrected chi connectivity index (χ1v) is 5.71. The van der Waals surface area contributed by atoms with Gasteiger partial charge in [-0.25, -0.2) is 0 Å². The van der Waals surface area contributed by atoms with Gasteiger partial charge in [-0.3, -0.25) is 4.79 Å². The van der Waals surface area contributed by atoms with Crippen LogP contribution in [0.25, 0.3) is 0 Å². The lowest BCUT2D eigenvalue weighted by Crippen LogP contribution is -2.20. The molecule has 0 unspecified atom stereocenters. The highest BCUT2D eigenvalue weighted by Gasteiger charge is 2.04. The van der Waals surface area contributed by atoms with Crippen LogP contribution < -0.4 is 15.8 Å². The summed E-state index contributed by atoms with van der Waals surface area (Å²) in [6.07, 6.45) is 0. The van der Waals surface area contributed by atoms with Gasteiger partial charge < -0.3 is 20.9 Å². The van der Waals surface area contributed by atoms with E-state index in [1.54, 1.807) is 36.4 Å². The molecule has 0 saturated carbocycles. The van der Waals surface area contributed by atoms with Crippen molar-refractivity contribution in [2.24, 2.45) is 0 Å². The third kappa shape index (κ3) is 3.92. The van der Waals surface area contributed by atoms with E-state index in [4.69, 9.17) is 10.5 Å². The Labute approximate surface area is 110 Å². The second-order valence-corrected chi connectivity index (χ2v) is 3.96. The van der Waals surface area contributed by atoms with Gasteiger partial charge in [0.2, 0.25) is 0 Å². The molecule has 0 saturated heterocycles. The van der Waals surface area contributed by atoms with Gasteiger partial charge in [-0.1, -0.05) is 6.07 Å². The van der Waals surface area contributed by atoms with Crippen molar-refractivity contribution >= 4 is 17.3 Å². The van der Waals surface area contributed by atoms with Crippen LogP contribution in [0.2, 0.25) is 0 Å². The number of phenolic OH excluding ortho intramolecular Hbond substituents is 1. The number of anilines is 2. The predicted octanol–water partition coefficient (Wildman–Crippen LogP) is 1.99. The molecule has 0 aliphatic rings. The van der Waals surface area contributed by atoms with E-state index in [0.717, 1.165) is 0 Å². The Bertz CT molecular complexity index is 567. The van der Waals surface area contributed by atoms with Crippen LogP contribution in [0.3, 0.4) is 0 Å². The maximum absolute atomic E-state index is 11.6. The fourth-order valence-electron chi connectivity index (χ4n) is 1.49. The lowest BCUT2D eigenvalue weighted by Gasteiger charge is -2.07. The molecule has 2 rings (SSSR count). The Morgan fingerprint density at radius 2 is 1.95 bits per heavy atom. The van der Waals surface area contributed by atoms with E-state index in [9.17, 15) is 9.90 Å². The minimum absolute atomic E-state index is 0.0947. The first-order chi connectivity index (χ1) is 9.13. The van der Waals surface area contributed by atoms with E-state index in [1.165, 1.54) is 12.1 Å². The molecular weight excluding hydrogens is 244 g/mol. The Morgan fingerprint density at radius 1 is 1.21 bits per heavy atom. The molecular formula is C14H14N2O3. The monoisotopic (exact) mass is 258 g/mol. The molecule has 0 spiro atoms. The van der Waals surface area contributed by atoms with Crippen LogP contribution in [0.4, 0.5) is 11.4 Å². The number of rotatable bonds is 4. The highest BCUT2D eigenvalue weighted by molar-refractivity contribution is 5.92. The first-order valence-electron chi connectivity index (χ1n) is 5.71. The number of carbonyl (C=O) groups excluding carboxylic acids is 1. The molecule has 0 radical (unpaired) electrons. The largest absolute Gasteiger partial charge is 0.508 e. The second kappa shape index (κ2) is 5.77. The Balaban J connectivity index is 1.86. The second-order valence-electron chi connectivity index (χ2n) is 3.96. The van der Waals surface area contributed by atoms with Gasteiger partial charge in [0.05, 0.1) is 0 Å². The van der Waals surface area contributed by atoms with Crippen molar-refractivity contribution in [2.75, 3.05) is 17.7 Å². The van der Waals surface area contributed by atoms with Crippen molar-refractivity contribution in [1.82, 2.24) is 0 Å². The molecule has 2 aromatic carbocycles. The predicted molar refractivity (Wildman–Crippen MR) is 73.1 cm³/mol. The van der Waals surface area contributed by atoms with Crippen molar-refractivity contribution in [3.63, 3.8) is 0 Å². The zero-order valence-electron chi connectivity index (χ0n) is 10.2. The van der Waals surface area contributed by atoms with E-state index in [2.05, 4.69) is 5.32 Å². The van der Waals surface area contributed by atoms with E-state index >= 15 is 0 Å². The number of nitrogen functional groups attached to an aromatic ring is 1. The van der Waals surface area contributed by atoms with Crippen molar-refractivity contribution in [1.29, 1.82) is 0 Å². The number of nitrogens with one attached hydrogen (secondary N) is 1. The van der Waals surface area contributed by atoms with E-state index < -0.39 is 0 Å². The van der Waals surface area contributed by atoms with Crippen LogP contribution in [0.5, 0.6) is 11.5 Å². The smallest absolute Gasteiger partial charge is 0.262 e. The average Bonchev–Trinajstić information content (AvgIpc) is 2.38. The lowest BCUT2D eigenvalue weighted by atomic mass is 10.3. The first kappa shape index (κ1) is 12.8. The number of hydrogen-bond donors (Lipinski definition) is 3. The van der Waals surface area contributed by atoms with Gasteiger partial charge in [0.15, 0.2) is 6.61 Å². The minimum Gasteiger partial charge on any atom is -0.508 e. The maximum Gasteiger partial charge on any atom is 0.262 e. The molecule has 0 aliphatic carbocycles. The van der Waals surface area contributed by atoms with Gasteiger partial charge in [-0.2, -0.15) is 0 Å². The van der Waals surface area contributed by atoms with Crippen LogP contribution in [-0.2, 0) is 4.79 Å². The highest BCUT2D eigenvalue weighted by Crippen LogP contribution is 2.16. The molecule has 0 bridgehead atoms. The summed E-state index contributed by atoms with van der Waals surface area (Å²) < 4.78 is 5.30. The summed E-state index contributed by atoms with van der Waals surface area (Å²) in [4.78, 5) is 11.6. The fourth-order valence-corrected chi connectivity index (χ4v) is 1.49. The SMILES string of the molecule is Nc1ccc(OCC(=O)Nc2cccc(O)c2)cc1. The van der Waals surface area contributed by atoms with Gasteiger partial charge in [0.25, 0.3) is 5.91 Å². The summed E-state index contributed by atoms with van der Waals surface area (Å²) in [6.45, 7) is -0.112. The van der Waals surface area contributed by atoms with Gasteiger partial charge in [0, 0.05) is 17.4 Å². The number of aromatic hydroxyl groups is 1. The summed E-state index contributed by atoms with van der Waals surface area (Å²) in [5, 5.41) is 11.9. The lowest BCUT2D eigenvalue weighted by molar-refractivity contribution is -0.118. The van der Waals surface area contributed by atoms with Crippen LogP contribution in [0, 0.1) is 0 Å². The van der Waals surface area contributed by atoms with Crippen LogP contribution >= 0.6 is 0 Å². The van der Waals surface area contributed by atoms with Gasteiger partial charge in [-0.05, 0) is 36.4 Å². The van der Waals surface area contributed by atoms with Gasteiger partial charge in [0.1, 0.15) is 11.5 Å². The maximum atomic E-state index is 11.6. The number of ether oxygens (including phenoxy) is 1. The Morgan fingerprint density at radius 3 is 2.63 bits per heavy atom. The molecule has 98 valence electrons. The van der Waals surface area contributed by atoms with E-state index in [-0.39, 0.29) is 18.3 Å². The molecule has 5 nitrogen and oxygen atoms in total. The summed E-state index contributed by atoms with van der Waals surface area (Å²) >= 11 is 0. The topological polar surface area (TPSA) is 84.6 Å². The van der Waals surface area contributed by atoms with Crippen molar-refractivity contribution < 1.29 is 14.6 Å². The molecule has 0 aromatic heterocycles. The molecule has 4 N–H and O–H groups in total. The molecule has 0 aliphatic heterocycles. The minimum atomic E-state index is -0.303. The molecule has 1 amide bonds. The Hall–Kier alpha value is -2.69. The van der Waals surface area contributed by atoms with Crippen molar-refractivity contribution in [3.8, 4) is 11.5 Å². The number of phenols is 1. The number of nitrogens with two attached hydrogens (primary N) is 1. The van der Waals surface area contributed by atoms with Crippen LogP contribution in [-0.4, -0.2) is 17.6 Å². The van der Waals surface area contributed by atoms with Crippen LogP contribution in [0.15, 0.2) is 48.5 Å². The van der Waals surface area contributed by atoms with E-state index in [0.29, 0.717) is 17.1 Å². The summed E-state index contributed by atoms with van der Waals surface area (Å²) in [5.74, 6) is 0.361. The number of benzene rings is 2. The zero-order valence-corrected chi connectivity index (χ0v) is 10.2. The fraction of sp³-hybridized carbons (Fsp3) is 0.0714. The summed E-state index contributed by atoms with van der Waals surface area (Å²) in [5.41, 5.74) is 6.70. The quantitative estimate of drug-likeness (QED) is 0.732. The molecule has 19 heavy (non-hydrogen) atoms. The summed E-state index contributed by atoms with van der Waals surface area (Å²) in [7, 11) is 0. The number of hydrogen-bond acceptors (Lipinski definition) is 4.